The van der Waals surface area contributed by atoms with E-state index in [2.05, 4.69) is 5.16 Å². The number of rotatable bonds is 4. The van der Waals surface area contributed by atoms with Crippen molar-refractivity contribution in [2.75, 3.05) is 14.1 Å². The fraction of sp³-hybridized carbons (Fsp3) is 0.636. The minimum Gasteiger partial charge on any atom is -0.361 e. The second kappa shape index (κ2) is 5.39. The predicted molar refractivity (Wildman–Crippen MR) is 65.4 cm³/mol. The number of carbonyl (C=O) groups excluding carboxylic acids is 1. The zero-order valence-corrected chi connectivity index (χ0v) is 11.2. The second-order valence-corrected chi connectivity index (χ2v) is 5.32. The summed E-state index contributed by atoms with van der Waals surface area (Å²) in [5.41, 5.74) is 2.01. The molecule has 0 aliphatic heterocycles. The third-order valence-electron chi connectivity index (χ3n) is 2.45. The topological polar surface area (TPSA) is 46.3 Å². The maximum absolute atomic E-state index is 11.6. The van der Waals surface area contributed by atoms with Crippen molar-refractivity contribution >= 4 is 17.7 Å². The number of aryl methyl sites for hydroxylation is 2. The molecule has 0 aliphatic rings. The first kappa shape index (κ1) is 13.1. The first-order chi connectivity index (χ1) is 7.43. The smallest absolute Gasteiger partial charge is 0.234 e. The van der Waals surface area contributed by atoms with Gasteiger partial charge in [-0.05, 0) is 20.8 Å². The molecule has 0 saturated heterocycles. The summed E-state index contributed by atoms with van der Waals surface area (Å²) in [7, 11) is 3.55. The summed E-state index contributed by atoms with van der Waals surface area (Å²) in [6.45, 7) is 5.74. The Balaban J connectivity index is 2.55. The number of thioether (sulfide) groups is 1. The lowest BCUT2D eigenvalue weighted by Gasteiger charge is -2.16. The van der Waals surface area contributed by atoms with Crippen molar-refractivity contribution in [3.05, 3.63) is 17.0 Å². The molecule has 0 saturated carbocycles. The van der Waals surface area contributed by atoms with Crippen molar-refractivity contribution < 1.29 is 9.32 Å². The quantitative estimate of drug-likeness (QED) is 0.810. The van der Waals surface area contributed by atoms with Crippen molar-refractivity contribution in [2.24, 2.45) is 0 Å². The van der Waals surface area contributed by atoms with E-state index in [0.29, 0.717) is 0 Å². The molecule has 1 aromatic heterocycles. The number of nitrogens with zero attached hydrogens (tertiary/aromatic N) is 2. The molecule has 0 aromatic carbocycles. The highest BCUT2D eigenvalue weighted by atomic mass is 32.2. The monoisotopic (exact) mass is 242 g/mol. The molecule has 0 N–H and O–H groups in total. The van der Waals surface area contributed by atoms with Gasteiger partial charge in [-0.25, -0.2) is 0 Å². The van der Waals surface area contributed by atoms with Crippen LogP contribution in [0.2, 0.25) is 0 Å². The molecule has 1 rings (SSSR count). The molecule has 1 aromatic rings. The highest BCUT2D eigenvalue weighted by Crippen LogP contribution is 2.23. The van der Waals surface area contributed by atoms with Gasteiger partial charge in [0, 0.05) is 25.4 Å². The molecular formula is C11H18N2O2S. The maximum atomic E-state index is 11.6. The first-order valence-corrected chi connectivity index (χ1v) is 6.23. The van der Waals surface area contributed by atoms with Gasteiger partial charge in [0.15, 0.2) is 0 Å². The van der Waals surface area contributed by atoms with Crippen LogP contribution in [0.25, 0.3) is 0 Å². The SMILES string of the molecule is Cc1noc(C)c1CSC(C)C(=O)N(C)C. The fourth-order valence-electron chi connectivity index (χ4n) is 1.35. The normalized spacial score (nSPS) is 12.6. The molecule has 0 bridgehead atoms. The summed E-state index contributed by atoms with van der Waals surface area (Å²) >= 11 is 1.61. The van der Waals surface area contributed by atoms with Gasteiger partial charge < -0.3 is 9.42 Å². The maximum Gasteiger partial charge on any atom is 0.234 e. The lowest BCUT2D eigenvalue weighted by molar-refractivity contribution is -0.127. The van der Waals surface area contributed by atoms with E-state index in [-0.39, 0.29) is 11.2 Å². The zero-order valence-electron chi connectivity index (χ0n) is 10.4. The Hall–Kier alpha value is -0.970. The van der Waals surface area contributed by atoms with Crippen LogP contribution in [0.1, 0.15) is 23.9 Å². The van der Waals surface area contributed by atoms with Crippen molar-refractivity contribution in [1.29, 1.82) is 0 Å². The van der Waals surface area contributed by atoms with Crippen LogP contribution in [-0.2, 0) is 10.5 Å². The minimum atomic E-state index is -0.0382. The molecule has 5 heteroatoms. The average Bonchev–Trinajstić information content (AvgIpc) is 2.54. The number of amides is 1. The van der Waals surface area contributed by atoms with Gasteiger partial charge in [-0.3, -0.25) is 4.79 Å². The third-order valence-corrected chi connectivity index (χ3v) is 3.60. The third kappa shape index (κ3) is 3.01. The Kier molecular flexibility index (Phi) is 4.41. The fourth-order valence-corrected chi connectivity index (χ4v) is 2.53. The molecule has 1 heterocycles. The molecule has 16 heavy (non-hydrogen) atoms. The summed E-state index contributed by atoms with van der Waals surface area (Å²) in [5.74, 6) is 1.74. The molecule has 1 unspecified atom stereocenters. The van der Waals surface area contributed by atoms with Gasteiger partial charge in [0.2, 0.25) is 5.91 Å². The molecule has 90 valence electrons. The minimum absolute atomic E-state index is 0.0382. The molecule has 1 amide bonds. The van der Waals surface area contributed by atoms with E-state index >= 15 is 0 Å². The van der Waals surface area contributed by atoms with Crippen molar-refractivity contribution in [2.45, 2.75) is 31.8 Å². The van der Waals surface area contributed by atoms with E-state index in [0.717, 1.165) is 22.8 Å². The molecule has 0 aliphatic carbocycles. The number of aromatic nitrogens is 1. The summed E-state index contributed by atoms with van der Waals surface area (Å²) in [6, 6.07) is 0. The van der Waals surface area contributed by atoms with Crippen LogP contribution >= 0.6 is 11.8 Å². The van der Waals surface area contributed by atoms with E-state index in [1.165, 1.54) is 0 Å². The standard InChI is InChI=1S/C11H18N2O2S/c1-7-10(8(2)15-12-7)6-16-9(3)11(14)13(4)5/h9H,6H2,1-5H3. The molecule has 0 spiro atoms. The van der Waals surface area contributed by atoms with Crippen LogP contribution < -0.4 is 0 Å². The average molecular weight is 242 g/mol. The van der Waals surface area contributed by atoms with E-state index in [9.17, 15) is 4.79 Å². The van der Waals surface area contributed by atoms with Crippen LogP contribution in [0, 0.1) is 13.8 Å². The highest BCUT2D eigenvalue weighted by Gasteiger charge is 2.17. The second-order valence-electron chi connectivity index (χ2n) is 3.99. The molecule has 0 fully saturated rings. The summed E-state index contributed by atoms with van der Waals surface area (Å²) in [4.78, 5) is 13.3. The Bertz CT molecular complexity index is 355. The van der Waals surface area contributed by atoms with Crippen LogP contribution in [0.4, 0.5) is 0 Å². The molecule has 4 nitrogen and oxygen atoms in total. The largest absolute Gasteiger partial charge is 0.361 e. The van der Waals surface area contributed by atoms with E-state index in [1.54, 1.807) is 30.8 Å². The summed E-state index contributed by atoms with van der Waals surface area (Å²) in [5, 5.41) is 3.85. The van der Waals surface area contributed by atoms with Gasteiger partial charge in [-0.15, -0.1) is 11.8 Å². The first-order valence-electron chi connectivity index (χ1n) is 5.18. The highest BCUT2D eigenvalue weighted by molar-refractivity contribution is 7.99. The number of carbonyl (C=O) groups is 1. The van der Waals surface area contributed by atoms with E-state index in [1.807, 2.05) is 20.8 Å². The van der Waals surface area contributed by atoms with Gasteiger partial charge in [0.05, 0.1) is 10.9 Å². The van der Waals surface area contributed by atoms with Gasteiger partial charge >= 0.3 is 0 Å². The van der Waals surface area contributed by atoms with Gasteiger partial charge in [0.1, 0.15) is 5.76 Å². The van der Waals surface area contributed by atoms with Gasteiger partial charge in [-0.1, -0.05) is 5.16 Å². The van der Waals surface area contributed by atoms with Gasteiger partial charge in [0.25, 0.3) is 0 Å². The summed E-state index contributed by atoms with van der Waals surface area (Å²) < 4.78 is 5.08. The van der Waals surface area contributed by atoms with E-state index in [4.69, 9.17) is 4.52 Å². The van der Waals surface area contributed by atoms with Crippen molar-refractivity contribution in [3.8, 4) is 0 Å². The lowest BCUT2D eigenvalue weighted by Crippen LogP contribution is -2.29. The Morgan fingerprint density at radius 1 is 1.50 bits per heavy atom. The van der Waals surface area contributed by atoms with E-state index < -0.39 is 0 Å². The Morgan fingerprint density at radius 2 is 2.12 bits per heavy atom. The van der Waals surface area contributed by atoms with Crippen molar-refractivity contribution in [1.82, 2.24) is 10.1 Å². The van der Waals surface area contributed by atoms with Crippen LogP contribution in [0.15, 0.2) is 4.52 Å². The Labute approximate surface area is 100 Å². The van der Waals surface area contributed by atoms with Gasteiger partial charge in [-0.2, -0.15) is 0 Å². The number of hydrogen-bond donors (Lipinski definition) is 0. The number of hydrogen-bond acceptors (Lipinski definition) is 4. The van der Waals surface area contributed by atoms with Crippen LogP contribution in [-0.4, -0.2) is 35.3 Å². The van der Waals surface area contributed by atoms with Crippen LogP contribution in [0.3, 0.4) is 0 Å². The zero-order chi connectivity index (χ0) is 12.3. The predicted octanol–water partition coefficient (Wildman–Crippen LogP) is 2.00. The molecule has 0 radical (unpaired) electrons. The van der Waals surface area contributed by atoms with Crippen molar-refractivity contribution in [3.63, 3.8) is 0 Å². The summed E-state index contributed by atoms with van der Waals surface area (Å²) in [6.07, 6.45) is 0. The lowest BCUT2D eigenvalue weighted by atomic mass is 10.2. The molecular weight excluding hydrogens is 224 g/mol. The Morgan fingerprint density at radius 3 is 2.56 bits per heavy atom. The van der Waals surface area contributed by atoms with Crippen LogP contribution in [0.5, 0.6) is 0 Å². The molecule has 1 atom stereocenters.